The van der Waals surface area contributed by atoms with E-state index in [1.54, 1.807) is 54.6 Å². The minimum absolute atomic E-state index is 0.185. The summed E-state index contributed by atoms with van der Waals surface area (Å²) in [5, 5.41) is 0. The Hall–Kier alpha value is -2.88. The van der Waals surface area contributed by atoms with Gasteiger partial charge in [0.15, 0.2) is 5.92 Å². The van der Waals surface area contributed by atoms with Gasteiger partial charge < -0.3 is 9.47 Å². The molecule has 2 aromatic rings. The van der Waals surface area contributed by atoms with Crippen LogP contribution in [0, 0.1) is 0 Å². The number of benzene rings is 2. The second-order valence-corrected chi connectivity index (χ2v) is 4.82. The SMILES string of the molecule is C=CCCOC(=O)C(C(=O)Oc1ccccc1)c1ccccc1. The topological polar surface area (TPSA) is 52.6 Å². The van der Waals surface area contributed by atoms with Crippen LogP contribution in [0.1, 0.15) is 17.9 Å². The molecule has 0 aliphatic rings. The van der Waals surface area contributed by atoms with Crippen LogP contribution in [0.4, 0.5) is 0 Å². The largest absolute Gasteiger partial charge is 0.464 e. The third-order valence-electron chi connectivity index (χ3n) is 3.13. The molecule has 1 unspecified atom stereocenters. The van der Waals surface area contributed by atoms with Crippen molar-refractivity contribution in [3.05, 3.63) is 78.9 Å². The van der Waals surface area contributed by atoms with Gasteiger partial charge in [0.1, 0.15) is 5.75 Å². The molecule has 118 valence electrons. The van der Waals surface area contributed by atoms with Crippen molar-refractivity contribution in [3.63, 3.8) is 0 Å². The Kier molecular flexibility index (Phi) is 6.12. The Balaban J connectivity index is 2.17. The van der Waals surface area contributed by atoms with Crippen molar-refractivity contribution in [2.24, 2.45) is 0 Å². The maximum Gasteiger partial charge on any atom is 0.330 e. The summed E-state index contributed by atoms with van der Waals surface area (Å²) < 4.78 is 10.4. The summed E-state index contributed by atoms with van der Waals surface area (Å²) in [6, 6.07) is 17.4. The van der Waals surface area contributed by atoms with Gasteiger partial charge in [-0.05, 0) is 24.1 Å². The van der Waals surface area contributed by atoms with Crippen molar-refractivity contribution in [3.8, 4) is 5.75 Å². The first-order valence-corrected chi connectivity index (χ1v) is 7.31. The van der Waals surface area contributed by atoms with E-state index >= 15 is 0 Å². The van der Waals surface area contributed by atoms with E-state index in [1.807, 2.05) is 12.1 Å². The number of esters is 2. The van der Waals surface area contributed by atoms with Gasteiger partial charge in [-0.2, -0.15) is 0 Å². The number of para-hydroxylation sites is 1. The van der Waals surface area contributed by atoms with Crippen LogP contribution in [0.15, 0.2) is 73.3 Å². The fraction of sp³-hybridized carbons (Fsp3) is 0.158. The monoisotopic (exact) mass is 310 g/mol. The Morgan fingerprint density at radius 1 is 0.957 bits per heavy atom. The zero-order valence-corrected chi connectivity index (χ0v) is 12.7. The number of rotatable bonds is 7. The number of carbonyl (C=O) groups is 2. The Morgan fingerprint density at radius 2 is 1.57 bits per heavy atom. The Labute approximate surface area is 135 Å². The van der Waals surface area contributed by atoms with Crippen LogP contribution in [0.2, 0.25) is 0 Å². The summed E-state index contributed by atoms with van der Waals surface area (Å²) >= 11 is 0. The van der Waals surface area contributed by atoms with E-state index in [0.29, 0.717) is 17.7 Å². The molecule has 0 heterocycles. The van der Waals surface area contributed by atoms with E-state index in [1.165, 1.54) is 0 Å². The van der Waals surface area contributed by atoms with Crippen molar-refractivity contribution in [2.75, 3.05) is 6.61 Å². The highest BCUT2D eigenvalue weighted by Gasteiger charge is 2.31. The van der Waals surface area contributed by atoms with E-state index in [2.05, 4.69) is 6.58 Å². The maximum absolute atomic E-state index is 12.4. The number of hydrogen-bond donors (Lipinski definition) is 0. The van der Waals surface area contributed by atoms with Crippen molar-refractivity contribution in [1.29, 1.82) is 0 Å². The van der Waals surface area contributed by atoms with E-state index in [-0.39, 0.29) is 6.61 Å². The summed E-state index contributed by atoms with van der Waals surface area (Å²) in [5.41, 5.74) is 0.539. The maximum atomic E-state index is 12.4. The van der Waals surface area contributed by atoms with Gasteiger partial charge in [0.05, 0.1) is 6.61 Å². The Bertz CT molecular complexity index is 650. The summed E-state index contributed by atoms with van der Waals surface area (Å²) in [4.78, 5) is 24.7. The van der Waals surface area contributed by atoms with Crippen LogP contribution >= 0.6 is 0 Å². The third-order valence-corrected chi connectivity index (χ3v) is 3.13. The summed E-state index contributed by atoms with van der Waals surface area (Å²) in [6.07, 6.45) is 2.17. The molecule has 2 aromatic carbocycles. The van der Waals surface area contributed by atoms with Crippen LogP contribution in [0.3, 0.4) is 0 Å². The van der Waals surface area contributed by atoms with Gasteiger partial charge in [0.25, 0.3) is 0 Å². The molecule has 4 nitrogen and oxygen atoms in total. The molecular formula is C19H18O4. The standard InChI is InChI=1S/C19H18O4/c1-2-3-14-22-18(20)17(15-10-6-4-7-11-15)19(21)23-16-12-8-5-9-13-16/h2,4-13,17H,1,3,14H2. The van der Waals surface area contributed by atoms with Gasteiger partial charge >= 0.3 is 11.9 Å². The van der Waals surface area contributed by atoms with Crippen LogP contribution in [0.25, 0.3) is 0 Å². The zero-order chi connectivity index (χ0) is 16.5. The van der Waals surface area contributed by atoms with Crippen LogP contribution in [0.5, 0.6) is 5.75 Å². The normalized spacial score (nSPS) is 11.3. The number of ether oxygens (including phenoxy) is 2. The van der Waals surface area contributed by atoms with Gasteiger partial charge in [-0.3, -0.25) is 9.59 Å². The molecule has 0 radical (unpaired) electrons. The molecule has 0 aliphatic carbocycles. The lowest BCUT2D eigenvalue weighted by Gasteiger charge is -2.15. The molecular weight excluding hydrogens is 292 g/mol. The van der Waals surface area contributed by atoms with Crippen molar-refractivity contribution in [1.82, 2.24) is 0 Å². The van der Waals surface area contributed by atoms with Crippen LogP contribution in [-0.2, 0) is 14.3 Å². The second-order valence-electron chi connectivity index (χ2n) is 4.82. The minimum atomic E-state index is -1.11. The lowest BCUT2D eigenvalue weighted by atomic mass is 9.99. The van der Waals surface area contributed by atoms with E-state index < -0.39 is 17.9 Å². The van der Waals surface area contributed by atoms with Gasteiger partial charge in [-0.15, -0.1) is 6.58 Å². The molecule has 0 amide bonds. The first-order valence-electron chi connectivity index (χ1n) is 7.31. The average Bonchev–Trinajstić information content (AvgIpc) is 2.57. The molecule has 0 bridgehead atoms. The first kappa shape index (κ1) is 16.5. The lowest BCUT2D eigenvalue weighted by Crippen LogP contribution is -2.28. The van der Waals surface area contributed by atoms with Crippen molar-refractivity contribution < 1.29 is 19.1 Å². The molecule has 23 heavy (non-hydrogen) atoms. The van der Waals surface area contributed by atoms with E-state index in [4.69, 9.17) is 9.47 Å². The summed E-state index contributed by atoms with van der Waals surface area (Å²) in [5.74, 6) is -2.01. The molecule has 2 rings (SSSR count). The molecule has 4 heteroatoms. The van der Waals surface area contributed by atoms with Crippen molar-refractivity contribution >= 4 is 11.9 Å². The molecule has 0 saturated heterocycles. The zero-order valence-electron chi connectivity index (χ0n) is 12.7. The average molecular weight is 310 g/mol. The smallest absolute Gasteiger partial charge is 0.330 e. The predicted molar refractivity (Wildman–Crippen MR) is 87.0 cm³/mol. The molecule has 0 spiro atoms. The highest BCUT2D eigenvalue weighted by atomic mass is 16.6. The van der Waals surface area contributed by atoms with E-state index in [9.17, 15) is 9.59 Å². The fourth-order valence-electron chi connectivity index (χ4n) is 2.00. The molecule has 0 saturated carbocycles. The highest BCUT2D eigenvalue weighted by Crippen LogP contribution is 2.21. The molecule has 1 atom stereocenters. The van der Waals surface area contributed by atoms with Gasteiger partial charge in [0.2, 0.25) is 0 Å². The van der Waals surface area contributed by atoms with Gasteiger partial charge in [-0.1, -0.05) is 54.6 Å². The Morgan fingerprint density at radius 3 is 2.17 bits per heavy atom. The van der Waals surface area contributed by atoms with Gasteiger partial charge in [-0.25, -0.2) is 0 Å². The molecule has 0 aliphatic heterocycles. The molecule has 0 fully saturated rings. The highest BCUT2D eigenvalue weighted by molar-refractivity contribution is 6.01. The van der Waals surface area contributed by atoms with Crippen LogP contribution in [-0.4, -0.2) is 18.5 Å². The quantitative estimate of drug-likeness (QED) is 0.258. The van der Waals surface area contributed by atoms with Gasteiger partial charge in [0, 0.05) is 0 Å². The van der Waals surface area contributed by atoms with Crippen LogP contribution < -0.4 is 4.74 Å². The predicted octanol–water partition coefficient (Wildman–Crippen LogP) is 3.50. The second kappa shape index (κ2) is 8.54. The lowest BCUT2D eigenvalue weighted by molar-refractivity contribution is -0.152. The number of hydrogen-bond acceptors (Lipinski definition) is 4. The van der Waals surface area contributed by atoms with Crippen molar-refractivity contribution in [2.45, 2.75) is 12.3 Å². The fourth-order valence-corrected chi connectivity index (χ4v) is 2.00. The first-order chi connectivity index (χ1) is 11.2. The third kappa shape index (κ3) is 4.81. The molecule has 0 aromatic heterocycles. The summed E-state index contributed by atoms with van der Waals surface area (Å²) in [6.45, 7) is 3.75. The molecule has 0 N–H and O–H groups in total. The number of carbonyl (C=O) groups excluding carboxylic acids is 2. The van der Waals surface area contributed by atoms with E-state index in [0.717, 1.165) is 0 Å². The minimum Gasteiger partial charge on any atom is -0.464 e. The summed E-state index contributed by atoms with van der Waals surface area (Å²) in [7, 11) is 0.